The first kappa shape index (κ1) is 13.4. The standard InChI is InChI=1S/C9H9Cl2NO3S/c10-8-2-1-7(5-9(8)11)6-12-3-4-16(13,14)15/h1-2,5-6H,3-4H2,(H,13,14,15)/b12-6-. The van der Waals surface area contributed by atoms with Crippen LogP contribution in [0.3, 0.4) is 0 Å². The zero-order valence-electron chi connectivity index (χ0n) is 8.10. The van der Waals surface area contributed by atoms with E-state index >= 15 is 0 Å². The van der Waals surface area contributed by atoms with Crippen LogP contribution in [0.15, 0.2) is 23.2 Å². The largest absolute Gasteiger partial charge is 0.291 e. The molecule has 0 saturated carbocycles. The van der Waals surface area contributed by atoms with Gasteiger partial charge in [-0.25, -0.2) is 0 Å². The maximum absolute atomic E-state index is 10.4. The average molecular weight is 282 g/mol. The molecule has 7 heteroatoms. The fraction of sp³-hybridized carbons (Fsp3) is 0.222. The highest BCUT2D eigenvalue weighted by atomic mass is 35.5. The predicted octanol–water partition coefficient (Wildman–Crippen LogP) is 2.30. The second-order valence-electron chi connectivity index (χ2n) is 2.99. The Morgan fingerprint density at radius 3 is 2.56 bits per heavy atom. The summed E-state index contributed by atoms with van der Waals surface area (Å²) in [5.41, 5.74) is 0.713. The minimum atomic E-state index is -3.95. The van der Waals surface area contributed by atoms with Crippen molar-refractivity contribution in [3.63, 3.8) is 0 Å². The van der Waals surface area contributed by atoms with Crippen molar-refractivity contribution in [2.75, 3.05) is 12.3 Å². The fourth-order valence-corrected chi connectivity index (χ4v) is 1.57. The van der Waals surface area contributed by atoms with Gasteiger partial charge >= 0.3 is 0 Å². The molecule has 88 valence electrons. The summed E-state index contributed by atoms with van der Waals surface area (Å²) in [6, 6.07) is 4.93. The van der Waals surface area contributed by atoms with E-state index in [9.17, 15) is 8.42 Å². The van der Waals surface area contributed by atoms with E-state index in [2.05, 4.69) is 4.99 Å². The lowest BCUT2D eigenvalue weighted by Crippen LogP contribution is -2.06. The third-order valence-corrected chi connectivity index (χ3v) is 3.10. The summed E-state index contributed by atoms with van der Waals surface area (Å²) >= 11 is 11.5. The summed E-state index contributed by atoms with van der Waals surface area (Å²) in [7, 11) is -3.95. The molecule has 1 rings (SSSR count). The maximum Gasteiger partial charge on any atom is 0.266 e. The Morgan fingerprint density at radius 1 is 1.31 bits per heavy atom. The smallest absolute Gasteiger partial charge is 0.266 e. The van der Waals surface area contributed by atoms with E-state index in [1.54, 1.807) is 18.2 Å². The molecule has 0 radical (unpaired) electrons. The summed E-state index contributed by atoms with van der Waals surface area (Å²) in [5, 5.41) is 0.845. The lowest BCUT2D eigenvalue weighted by Gasteiger charge is -1.97. The Hall–Kier alpha value is -0.620. The van der Waals surface area contributed by atoms with Gasteiger partial charge in [0.2, 0.25) is 0 Å². The van der Waals surface area contributed by atoms with Gasteiger partial charge < -0.3 is 0 Å². The monoisotopic (exact) mass is 281 g/mol. The van der Waals surface area contributed by atoms with Crippen molar-refractivity contribution in [1.82, 2.24) is 0 Å². The van der Waals surface area contributed by atoms with Crippen molar-refractivity contribution in [3.05, 3.63) is 33.8 Å². The summed E-state index contributed by atoms with van der Waals surface area (Å²) < 4.78 is 29.2. The summed E-state index contributed by atoms with van der Waals surface area (Å²) in [6.07, 6.45) is 1.47. The first-order valence-electron chi connectivity index (χ1n) is 4.28. The van der Waals surface area contributed by atoms with E-state index in [1.807, 2.05) is 0 Å². The van der Waals surface area contributed by atoms with Gasteiger partial charge in [-0.1, -0.05) is 29.3 Å². The fourth-order valence-electron chi connectivity index (χ4n) is 0.931. The van der Waals surface area contributed by atoms with Gasteiger partial charge in [0, 0.05) is 6.21 Å². The second kappa shape index (κ2) is 5.63. The van der Waals surface area contributed by atoms with Gasteiger partial charge in [0.15, 0.2) is 0 Å². The lowest BCUT2D eigenvalue weighted by atomic mass is 10.2. The van der Waals surface area contributed by atoms with Crippen molar-refractivity contribution in [1.29, 1.82) is 0 Å². The van der Waals surface area contributed by atoms with Gasteiger partial charge in [-0.3, -0.25) is 9.55 Å². The molecule has 0 amide bonds. The van der Waals surface area contributed by atoms with E-state index in [0.717, 1.165) is 0 Å². The van der Waals surface area contributed by atoms with Gasteiger partial charge in [0.05, 0.1) is 22.3 Å². The van der Waals surface area contributed by atoms with E-state index in [1.165, 1.54) is 6.21 Å². The van der Waals surface area contributed by atoms with Crippen LogP contribution in [0.25, 0.3) is 0 Å². The average Bonchev–Trinajstić information content (AvgIpc) is 2.17. The van der Waals surface area contributed by atoms with Gasteiger partial charge in [0.1, 0.15) is 0 Å². The maximum atomic E-state index is 10.4. The number of rotatable bonds is 4. The molecule has 0 aliphatic carbocycles. The highest BCUT2D eigenvalue weighted by molar-refractivity contribution is 7.85. The molecule has 0 heterocycles. The first-order chi connectivity index (χ1) is 7.38. The van der Waals surface area contributed by atoms with Crippen LogP contribution >= 0.6 is 23.2 Å². The van der Waals surface area contributed by atoms with E-state index < -0.39 is 15.9 Å². The van der Waals surface area contributed by atoms with Gasteiger partial charge in [-0.2, -0.15) is 8.42 Å². The molecule has 0 aliphatic heterocycles. The summed E-state index contributed by atoms with van der Waals surface area (Å²) in [5.74, 6) is -0.398. The second-order valence-corrected chi connectivity index (χ2v) is 5.38. The normalized spacial score (nSPS) is 12.2. The van der Waals surface area contributed by atoms with Crippen molar-refractivity contribution < 1.29 is 13.0 Å². The SMILES string of the molecule is O=S(=O)(O)CC/N=C\c1ccc(Cl)c(Cl)c1. The molecule has 0 aromatic heterocycles. The number of benzene rings is 1. The zero-order valence-corrected chi connectivity index (χ0v) is 10.4. The van der Waals surface area contributed by atoms with Crippen LogP contribution in [0.4, 0.5) is 0 Å². The van der Waals surface area contributed by atoms with Crippen LogP contribution in [0, 0.1) is 0 Å². The highest BCUT2D eigenvalue weighted by Gasteiger charge is 2.01. The van der Waals surface area contributed by atoms with Crippen molar-refractivity contribution >= 4 is 39.5 Å². The molecule has 16 heavy (non-hydrogen) atoms. The summed E-state index contributed by atoms with van der Waals surface area (Å²) in [6.45, 7) is -0.000914. The minimum absolute atomic E-state index is 0.000914. The number of aliphatic imine (C=N–C) groups is 1. The Bertz CT molecular complexity index is 499. The number of nitrogens with zero attached hydrogens (tertiary/aromatic N) is 1. The predicted molar refractivity (Wildman–Crippen MR) is 65.3 cm³/mol. The van der Waals surface area contributed by atoms with Gasteiger partial charge in [-0.15, -0.1) is 0 Å². The molecular weight excluding hydrogens is 273 g/mol. The van der Waals surface area contributed by atoms with E-state index in [4.69, 9.17) is 27.8 Å². The first-order valence-corrected chi connectivity index (χ1v) is 6.65. The van der Waals surface area contributed by atoms with E-state index in [-0.39, 0.29) is 6.54 Å². The Kier molecular flexibility index (Phi) is 4.73. The molecule has 0 spiro atoms. The molecular formula is C9H9Cl2NO3S. The van der Waals surface area contributed by atoms with Crippen LogP contribution in [0.5, 0.6) is 0 Å². The molecule has 1 aromatic rings. The van der Waals surface area contributed by atoms with Crippen LogP contribution in [-0.2, 0) is 10.1 Å². The molecule has 0 aliphatic rings. The zero-order chi connectivity index (χ0) is 12.2. The molecule has 1 N–H and O–H groups in total. The minimum Gasteiger partial charge on any atom is -0.291 e. The van der Waals surface area contributed by atoms with Crippen LogP contribution < -0.4 is 0 Å². The Balaban J connectivity index is 2.60. The van der Waals surface area contributed by atoms with Crippen LogP contribution in [0.1, 0.15) is 5.56 Å². The topological polar surface area (TPSA) is 66.7 Å². The quantitative estimate of drug-likeness (QED) is 0.680. The van der Waals surface area contributed by atoms with E-state index in [0.29, 0.717) is 15.6 Å². The molecule has 0 saturated heterocycles. The molecule has 0 fully saturated rings. The number of halogens is 2. The molecule has 4 nitrogen and oxygen atoms in total. The summed E-state index contributed by atoms with van der Waals surface area (Å²) in [4.78, 5) is 3.83. The van der Waals surface area contributed by atoms with Gasteiger partial charge in [0.25, 0.3) is 10.1 Å². The third-order valence-electron chi connectivity index (χ3n) is 1.66. The molecule has 0 unspecified atom stereocenters. The number of hydrogen-bond acceptors (Lipinski definition) is 3. The number of hydrogen-bond donors (Lipinski definition) is 1. The third kappa shape index (κ3) is 4.94. The van der Waals surface area contributed by atoms with Crippen LogP contribution in [0.2, 0.25) is 10.0 Å². The Morgan fingerprint density at radius 2 is 2.00 bits per heavy atom. The molecule has 1 aromatic carbocycles. The van der Waals surface area contributed by atoms with Crippen molar-refractivity contribution in [3.8, 4) is 0 Å². The van der Waals surface area contributed by atoms with Crippen molar-refractivity contribution in [2.45, 2.75) is 0 Å². The molecule has 0 bridgehead atoms. The molecule has 0 atom stereocenters. The Labute approximate surface area is 104 Å². The lowest BCUT2D eigenvalue weighted by molar-refractivity contribution is 0.483. The van der Waals surface area contributed by atoms with Crippen molar-refractivity contribution in [2.24, 2.45) is 4.99 Å². The van der Waals surface area contributed by atoms with Crippen LogP contribution in [-0.4, -0.2) is 31.5 Å². The highest BCUT2D eigenvalue weighted by Crippen LogP contribution is 2.21. The van der Waals surface area contributed by atoms with Gasteiger partial charge in [-0.05, 0) is 17.7 Å².